The van der Waals surface area contributed by atoms with Crippen LogP contribution in [-0.2, 0) is 9.57 Å². The smallest absolute Gasteiger partial charge is 0.131 e. The van der Waals surface area contributed by atoms with E-state index in [4.69, 9.17) is 32.8 Å². The molecule has 2 aromatic carbocycles. The quantitative estimate of drug-likeness (QED) is 0.395. The molecule has 7 heteroatoms. The van der Waals surface area contributed by atoms with Crippen LogP contribution < -0.4 is 4.90 Å². The number of likely N-dealkylation sites (N-methyl/N-ethyl adjacent to an activating group) is 1. The van der Waals surface area contributed by atoms with Crippen molar-refractivity contribution in [1.29, 1.82) is 0 Å². The number of hydrogen-bond donors (Lipinski definition) is 0. The molecule has 0 radical (unpaired) electrons. The van der Waals surface area contributed by atoms with Gasteiger partial charge in [0.1, 0.15) is 11.8 Å². The second-order valence-electron chi connectivity index (χ2n) is 8.81. The number of halogens is 3. The summed E-state index contributed by atoms with van der Waals surface area (Å²) in [5, 5.41) is 3.21. The van der Waals surface area contributed by atoms with Gasteiger partial charge in [-0.05, 0) is 62.1 Å². The van der Waals surface area contributed by atoms with Gasteiger partial charge in [0.25, 0.3) is 0 Å². The third-order valence-electron chi connectivity index (χ3n) is 6.58. The van der Waals surface area contributed by atoms with E-state index in [2.05, 4.69) is 45.1 Å². The summed E-state index contributed by atoms with van der Waals surface area (Å²) in [5.74, 6) is 1.54. The largest absolute Gasteiger partial charge is 0.409 e. The predicted octanol–water partition coefficient (Wildman–Crippen LogP) is 7.02. The first-order valence-corrected chi connectivity index (χ1v) is 12.8. The van der Waals surface area contributed by atoms with Crippen LogP contribution in [0.2, 0.25) is 10.0 Å². The fourth-order valence-corrected chi connectivity index (χ4v) is 5.59. The van der Waals surface area contributed by atoms with Crippen LogP contribution in [0.4, 0.5) is 5.69 Å². The molecule has 0 spiro atoms. The molecule has 0 amide bonds. The molecule has 2 fully saturated rings. The number of hydroxylamine groups is 2. The molecule has 32 heavy (non-hydrogen) atoms. The zero-order chi connectivity index (χ0) is 22.2. The highest BCUT2D eigenvalue weighted by Crippen LogP contribution is 2.49. The van der Waals surface area contributed by atoms with Crippen molar-refractivity contribution in [3.05, 3.63) is 73.9 Å². The first kappa shape index (κ1) is 22.5. The summed E-state index contributed by atoms with van der Waals surface area (Å²) in [5.41, 5.74) is 3.34. The maximum atomic E-state index is 6.58. The van der Waals surface area contributed by atoms with Crippen molar-refractivity contribution in [2.24, 2.45) is 5.92 Å². The third-order valence-corrected chi connectivity index (χ3v) is 7.77. The molecule has 3 aliphatic rings. The molecule has 2 aromatic rings. The van der Waals surface area contributed by atoms with Gasteiger partial charge in [-0.25, -0.2) is 0 Å². The van der Waals surface area contributed by atoms with Gasteiger partial charge in [0.05, 0.1) is 12.7 Å². The summed E-state index contributed by atoms with van der Waals surface area (Å²) in [6.45, 7) is 2.54. The lowest BCUT2D eigenvalue weighted by molar-refractivity contribution is -0.100. The molecule has 4 nitrogen and oxygen atoms in total. The van der Waals surface area contributed by atoms with Crippen LogP contribution in [0.3, 0.4) is 0 Å². The summed E-state index contributed by atoms with van der Waals surface area (Å²) >= 11 is 16.7. The maximum Gasteiger partial charge on any atom is 0.131 e. The normalized spacial score (nSPS) is 22.5. The Morgan fingerprint density at radius 2 is 1.66 bits per heavy atom. The number of nitrogens with zero attached hydrogens (tertiary/aromatic N) is 2. The lowest BCUT2D eigenvalue weighted by Crippen LogP contribution is -2.37. The lowest BCUT2D eigenvalue weighted by atomic mass is 9.97. The standard InChI is InChI=1S/C25H27BrCl2N2O2/c1-29-24(23-21(27)3-2-4-22(23)28)20(25(32-29)16-5-6-16)15-31-19-11-13-30(14-12-19)18-9-7-17(26)8-10-18/h2-4,7-10,16,19,24H,5-6,11-15H2,1H3. The van der Waals surface area contributed by atoms with Gasteiger partial charge >= 0.3 is 0 Å². The Kier molecular flexibility index (Phi) is 6.73. The highest BCUT2D eigenvalue weighted by molar-refractivity contribution is 9.10. The molecule has 170 valence electrons. The third kappa shape index (κ3) is 4.69. The highest BCUT2D eigenvalue weighted by Gasteiger charge is 2.42. The molecular formula is C25H27BrCl2N2O2. The van der Waals surface area contributed by atoms with Crippen LogP contribution in [-0.4, -0.2) is 37.9 Å². The Hall–Kier alpha value is -1.24. The summed E-state index contributed by atoms with van der Waals surface area (Å²) in [7, 11) is 1.95. The van der Waals surface area contributed by atoms with Crippen molar-refractivity contribution in [1.82, 2.24) is 5.06 Å². The van der Waals surface area contributed by atoms with Gasteiger partial charge < -0.3 is 14.5 Å². The van der Waals surface area contributed by atoms with E-state index in [0.29, 0.717) is 22.6 Å². The fraction of sp³-hybridized carbons (Fsp3) is 0.440. The van der Waals surface area contributed by atoms with Crippen LogP contribution in [0.25, 0.3) is 0 Å². The van der Waals surface area contributed by atoms with E-state index >= 15 is 0 Å². The Bertz CT molecular complexity index is 981. The SMILES string of the molecule is CN1OC(C2CC2)=C(COC2CCN(c3ccc(Br)cc3)CC2)C1c1c(Cl)cccc1Cl. The fourth-order valence-electron chi connectivity index (χ4n) is 4.72. The van der Waals surface area contributed by atoms with Crippen molar-refractivity contribution in [2.75, 3.05) is 31.6 Å². The van der Waals surface area contributed by atoms with Crippen molar-refractivity contribution >= 4 is 44.8 Å². The average Bonchev–Trinajstić information content (AvgIpc) is 3.58. The van der Waals surface area contributed by atoms with E-state index in [0.717, 1.165) is 41.7 Å². The van der Waals surface area contributed by atoms with Crippen LogP contribution in [0.1, 0.15) is 37.3 Å². The monoisotopic (exact) mass is 536 g/mol. The number of anilines is 1. The predicted molar refractivity (Wildman–Crippen MR) is 133 cm³/mol. The number of benzene rings is 2. The van der Waals surface area contributed by atoms with Gasteiger partial charge in [0.2, 0.25) is 0 Å². The summed E-state index contributed by atoms with van der Waals surface area (Å²) in [6.07, 6.45) is 4.60. The van der Waals surface area contributed by atoms with Gasteiger partial charge in [-0.2, -0.15) is 0 Å². The molecule has 0 N–H and O–H groups in total. The molecule has 0 aromatic heterocycles. The van der Waals surface area contributed by atoms with Crippen LogP contribution in [0.5, 0.6) is 0 Å². The molecule has 5 rings (SSSR count). The van der Waals surface area contributed by atoms with E-state index in [1.807, 2.05) is 30.3 Å². The van der Waals surface area contributed by atoms with Crippen molar-refractivity contribution in [3.63, 3.8) is 0 Å². The van der Waals surface area contributed by atoms with Gasteiger partial charge in [-0.1, -0.05) is 45.2 Å². The van der Waals surface area contributed by atoms with E-state index in [9.17, 15) is 0 Å². The van der Waals surface area contributed by atoms with Gasteiger partial charge in [-0.3, -0.25) is 0 Å². The molecule has 1 unspecified atom stereocenters. The second-order valence-corrected chi connectivity index (χ2v) is 10.5. The minimum atomic E-state index is -0.116. The Morgan fingerprint density at radius 1 is 1.00 bits per heavy atom. The van der Waals surface area contributed by atoms with E-state index in [1.54, 1.807) is 0 Å². The Labute approximate surface area is 208 Å². The summed E-state index contributed by atoms with van der Waals surface area (Å²) in [6, 6.07) is 14.1. The number of ether oxygens (including phenoxy) is 1. The molecule has 2 heterocycles. The topological polar surface area (TPSA) is 24.9 Å². The molecule has 1 aliphatic carbocycles. The number of piperidine rings is 1. The molecule has 2 aliphatic heterocycles. The first-order chi connectivity index (χ1) is 15.5. The van der Waals surface area contributed by atoms with Crippen LogP contribution in [0, 0.1) is 5.92 Å². The van der Waals surface area contributed by atoms with Gasteiger partial charge in [0.15, 0.2) is 0 Å². The van der Waals surface area contributed by atoms with Gasteiger partial charge in [0, 0.05) is 57.4 Å². The highest BCUT2D eigenvalue weighted by atomic mass is 79.9. The first-order valence-electron chi connectivity index (χ1n) is 11.2. The Morgan fingerprint density at radius 3 is 2.28 bits per heavy atom. The molecule has 1 saturated heterocycles. The lowest BCUT2D eigenvalue weighted by Gasteiger charge is -2.34. The number of rotatable bonds is 6. The average molecular weight is 538 g/mol. The maximum absolute atomic E-state index is 6.58. The van der Waals surface area contributed by atoms with E-state index in [-0.39, 0.29) is 12.1 Å². The molecule has 0 bridgehead atoms. The summed E-state index contributed by atoms with van der Waals surface area (Å²) < 4.78 is 7.58. The minimum absolute atomic E-state index is 0.116. The molecule has 1 saturated carbocycles. The van der Waals surface area contributed by atoms with E-state index < -0.39 is 0 Å². The second kappa shape index (κ2) is 9.55. The van der Waals surface area contributed by atoms with Gasteiger partial charge in [-0.15, -0.1) is 5.06 Å². The van der Waals surface area contributed by atoms with E-state index in [1.165, 1.54) is 24.1 Å². The van der Waals surface area contributed by atoms with Crippen LogP contribution in [0.15, 0.2) is 58.3 Å². The molecular weight excluding hydrogens is 511 g/mol. The zero-order valence-corrected chi connectivity index (χ0v) is 21.2. The Balaban J connectivity index is 1.28. The van der Waals surface area contributed by atoms with Crippen molar-refractivity contribution in [2.45, 2.75) is 37.8 Å². The summed E-state index contributed by atoms with van der Waals surface area (Å²) in [4.78, 5) is 8.63. The zero-order valence-electron chi connectivity index (χ0n) is 18.1. The van der Waals surface area contributed by atoms with Crippen LogP contribution >= 0.6 is 39.1 Å². The minimum Gasteiger partial charge on any atom is -0.409 e. The van der Waals surface area contributed by atoms with Crippen molar-refractivity contribution < 1.29 is 9.57 Å². The number of hydrogen-bond acceptors (Lipinski definition) is 4. The molecule has 1 atom stereocenters. The van der Waals surface area contributed by atoms with Crippen molar-refractivity contribution in [3.8, 4) is 0 Å². The number of allylic oxidation sites excluding steroid dienone is 1.